The second-order valence-corrected chi connectivity index (χ2v) is 9.04. The van der Waals surface area contributed by atoms with Gasteiger partial charge in [-0.05, 0) is 66.4 Å². The molecule has 1 aliphatic heterocycles. The summed E-state index contributed by atoms with van der Waals surface area (Å²) in [4.78, 5) is 21.2. The number of carbonyl (C=O) groups excluding carboxylic acids is 1. The van der Waals surface area contributed by atoms with Crippen LogP contribution in [0.3, 0.4) is 0 Å². The summed E-state index contributed by atoms with van der Waals surface area (Å²) >= 11 is 0. The smallest absolute Gasteiger partial charge is 0.416 e. The fourth-order valence-corrected chi connectivity index (χ4v) is 4.45. The molecule has 0 saturated carbocycles. The number of fused-ring (bicyclic) bond motifs is 1. The Balaban J connectivity index is 1.36. The van der Waals surface area contributed by atoms with Gasteiger partial charge >= 0.3 is 12.2 Å². The van der Waals surface area contributed by atoms with Crippen molar-refractivity contribution in [3.05, 3.63) is 78.2 Å². The molecule has 3 aromatic carbocycles. The number of anilines is 2. The molecule has 1 N–H and O–H groups in total. The van der Waals surface area contributed by atoms with Gasteiger partial charge in [-0.25, -0.2) is 9.78 Å². The van der Waals surface area contributed by atoms with Gasteiger partial charge < -0.3 is 19.5 Å². The predicted octanol–water partition coefficient (Wildman–Crippen LogP) is 6.95. The van der Waals surface area contributed by atoms with Crippen molar-refractivity contribution in [2.24, 2.45) is 0 Å². The van der Waals surface area contributed by atoms with Gasteiger partial charge in [0, 0.05) is 32.0 Å². The van der Waals surface area contributed by atoms with Gasteiger partial charge in [0.25, 0.3) is 0 Å². The average molecular weight is 495 g/mol. The third-order valence-electron chi connectivity index (χ3n) is 6.36. The summed E-state index contributed by atoms with van der Waals surface area (Å²) < 4.78 is 45.1. The Hall–Kier alpha value is -4.01. The van der Waals surface area contributed by atoms with E-state index in [9.17, 15) is 18.0 Å². The zero-order valence-corrected chi connectivity index (χ0v) is 19.8. The third kappa shape index (κ3) is 4.73. The second kappa shape index (κ2) is 9.22. The van der Waals surface area contributed by atoms with E-state index in [0.29, 0.717) is 30.0 Å². The number of oxazole rings is 1. The van der Waals surface area contributed by atoms with Crippen LogP contribution in [0.15, 0.2) is 71.1 Å². The Morgan fingerprint density at radius 1 is 1.06 bits per heavy atom. The Morgan fingerprint density at radius 3 is 2.53 bits per heavy atom. The van der Waals surface area contributed by atoms with E-state index in [1.54, 1.807) is 4.90 Å². The Bertz CT molecular complexity index is 1400. The first-order valence-corrected chi connectivity index (χ1v) is 11.6. The number of alkyl halides is 3. The predicted molar refractivity (Wildman–Crippen MR) is 133 cm³/mol. The zero-order valence-electron chi connectivity index (χ0n) is 19.8. The van der Waals surface area contributed by atoms with Crippen LogP contribution in [-0.2, 0) is 6.18 Å². The largest absolute Gasteiger partial charge is 0.438 e. The first-order chi connectivity index (χ1) is 17.2. The van der Waals surface area contributed by atoms with Crippen LogP contribution in [0, 0.1) is 0 Å². The maximum absolute atomic E-state index is 13.0. The Morgan fingerprint density at radius 2 is 1.81 bits per heavy atom. The lowest BCUT2D eigenvalue weighted by molar-refractivity contribution is -0.137. The summed E-state index contributed by atoms with van der Waals surface area (Å²) in [6.45, 7) is 0.456. The van der Waals surface area contributed by atoms with Crippen molar-refractivity contribution in [1.82, 2.24) is 9.88 Å². The molecule has 1 fully saturated rings. The minimum Gasteiger partial charge on any atom is -0.438 e. The number of benzene rings is 3. The van der Waals surface area contributed by atoms with Gasteiger partial charge in [0.15, 0.2) is 5.58 Å². The molecular weight excluding hydrogens is 469 g/mol. The number of nitrogens with one attached hydrogen (secondary N) is 1. The Kier molecular flexibility index (Phi) is 6.07. The highest BCUT2D eigenvalue weighted by Gasteiger charge is 2.34. The summed E-state index contributed by atoms with van der Waals surface area (Å²) in [7, 11) is 3.98. The van der Waals surface area contributed by atoms with Crippen molar-refractivity contribution < 1.29 is 22.4 Å². The van der Waals surface area contributed by atoms with Crippen LogP contribution in [0.25, 0.3) is 22.2 Å². The van der Waals surface area contributed by atoms with Gasteiger partial charge in [-0.15, -0.1) is 0 Å². The molecule has 9 heteroatoms. The molecule has 0 bridgehead atoms. The minimum absolute atomic E-state index is 0.0861. The standard InChI is InChI=1S/C27H25F3N4O2/c1-33(2)21-11-8-17(9-12-21)18-10-13-24-22(15-18)32-25(36-24)23-7-4-14-34(23)26(35)31-20-6-3-5-19(16-20)27(28,29)30/h3,5-6,8-13,15-16,23H,4,7,14H2,1-2H3,(H,31,35)/t23-/m0/s1. The number of carbonyl (C=O) groups is 1. The first-order valence-electron chi connectivity index (χ1n) is 11.6. The number of urea groups is 1. The number of nitrogens with zero attached hydrogens (tertiary/aromatic N) is 3. The molecular formula is C27H25F3N4O2. The summed E-state index contributed by atoms with van der Waals surface area (Å²) in [5.74, 6) is 0.418. The molecule has 2 amide bonds. The molecule has 1 aliphatic rings. The zero-order chi connectivity index (χ0) is 25.4. The second-order valence-electron chi connectivity index (χ2n) is 9.04. The van der Waals surface area contributed by atoms with Crippen molar-refractivity contribution in [2.45, 2.75) is 25.1 Å². The highest BCUT2D eigenvalue weighted by molar-refractivity contribution is 5.90. The topological polar surface area (TPSA) is 61.6 Å². The van der Waals surface area contributed by atoms with E-state index in [2.05, 4.69) is 10.3 Å². The van der Waals surface area contributed by atoms with Crippen LogP contribution in [0.4, 0.5) is 29.3 Å². The van der Waals surface area contributed by atoms with Gasteiger partial charge in [0.2, 0.25) is 5.89 Å². The molecule has 186 valence electrons. The highest BCUT2D eigenvalue weighted by Crippen LogP contribution is 2.35. The molecule has 4 aromatic rings. The summed E-state index contributed by atoms with van der Waals surface area (Å²) in [5, 5.41) is 2.59. The maximum atomic E-state index is 13.0. The fourth-order valence-electron chi connectivity index (χ4n) is 4.45. The first kappa shape index (κ1) is 23.7. The quantitative estimate of drug-likeness (QED) is 0.334. The van der Waals surface area contributed by atoms with E-state index < -0.39 is 23.8 Å². The molecule has 2 heterocycles. The van der Waals surface area contributed by atoms with Crippen LogP contribution in [0.5, 0.6) is 0 Å². The number of aromatic nitrogens is 1. The maximum Gasteiger partial charge on any atom is 0.416 e. The molecule has 1 aromatic heterocycles. The van der Waals surface area contributed by atoms with Crippen LogP contribution in [0.1, 0.15) is 30.3 Å². The fraction of sp³-hybridized carbons (Fsp3) is 0.259. The molecule has 0 aliphatic carbocycles. The van der Waals surface area contributed by atoms with Crippen LogP contribution in [-0.4, -0.2) is 36.6 Å². The molecule has 1 saturated heterocycles. The van der Waals surface area contributed by atoms with Crippen LogP contribution < -0.4 is 10.2 Å². The normalized spacial score (nSPS) is 15.9. The lowest BCUT2D eigenvalue weighted by Crippen LogP contribution is -2.34. The van der Waals surface area contributed by atoms with E-state index in [1.165, 1.54) is 12.1 Å². The van der Waals surface area contributed by atoms with Gasteiger partial charge in [-0.1, -0.05) is 24.3 Å². The van der Waals surface area contributed by atoms with Crippen LogP contribution in [0.2, 0.25) is 0 Å². The van der Waals surface area contributed by atoms with E-state index in [4.69, 9.17) is 4.42 Å². The SMILES string of the molecule is CN(C)c1ccc(-c2ccc3oc([C@@H]4CCCN4C(=O)Nc4cccc(C(F)(F)F)c4)nc3c2)cc1. The summed E-state index contributed by atoms with van der Waals surface area (Å²) in [6.07, 6.45) is -3.09. The highest BCUT2D eigenvalue weighted by atomic mass is 19.4. The number of hydrogen-bond acceptors (Lipinski definition) is 4. The lowest BCUT2D eigenvalue weighted by Gasteiger charge is -2.23. The van der Waals surface area contributed by atoms with E-state index in [0.717, 1.165) is 35.4 Å². The van der Waals surface area contributed by atoms with Crippen molar-refractivity contribution in [1.29, 1.82) is 0 Å². The molecule has 0 spiro atoms. The van der Waals surface area contributed by atoms with Crippen LogP contribution >= 0.6 is 0 Å². The average Bonchev–Trinajstić information content (AvgIpc) is 3.50. The minimum atomic E-state index is -4.48. The van der Waals surface area contributed by atoms with Gasteiger partial charge in [0.05, 0.1) is 5.56 Å². The number of likely N-dealkylation sites (tertiary alicyclic amines) is 1. The number of halogens is 3. The monoisotopic (exact) mass is 494 g/mol. The number of rotatable bonds is 4. The van der Waals surface area contributed by atoms with E-state index in [1.807, 2.05) is 61.5 Å². The van der Waals surface area contributed by atoms with Crippen molar-refractivity contribution in [3.63, 3.8) is 0 Å². The third-order valence-corrected chi connectivity index (χ3v) is 6.36. The summed E-state index contributed by atoms with van der Waals surface area (Å²) in [6, 6.07) is 17.7. The molecule has 36 heavy (non-hydrogen) atoms. The molecule has 0 unspecified atom stereocenters. The van der Waals surface area contributed by atoms with E-state index in [-0.39, 0.29) is 5.69 Å². The number of amides is 2. The van der Waals surface area contributed by atoms with Gasteiger partial charge in [0.1, 0.15) is 11.6 Å². The summed E-state index contributed by atoms with van der Waals surface area (Å²) in [5.41, 5.74) is 3.72. The molecule has 5 rings (SSSR count). The Labute approximate surface area is 206 Å². The molecule has 0 radical (unpaired) electrons. The van der Waals surface area contributed by atoms with Gasteiger partial charge in [-0.2, -0.15) is 13.2 Å². The van der Waals surface area contributed by atoms with Crippen molar-refractivity contribution in [3.8, 4) is 11.1 Å². The van der Waals surface area contributed by atoms with E-state index >= 15 is 0 Å². The van der Waals surface area contributed by atoms with Crippen molar-refractivity contribution >= 4 is 28.5 Å². The molecule has 1 atom stereocenters. The molecule has 6 nitrogen and oxygen atoms in total. The van der Waals surface area contributed by atoms with Crippen molar-refractivity contribution in [2.75, 3.05) is 30.9 Å². The lowest BCUT2D eigenvalue weighted by atomic mass is 10.0. The number of hydrogen-bond donors (Lipinski definition) is 1. The van der Waals surface area contributed by atoms with Gasteiger partial charge in [-0.3, -0.25) is 0 Å².